The van der Waals surface area contributed by atoms with Crippen LogP contribution in [0.1, 0.15) is 26.3 Å². The molecule has 1 aliphatic heterocycles. The number of benzene rings is 4. The topological polar surface area (TPSA) is 84.9 Å². The molecule has 178 valence electrons. The van der Waals surface area contributed by atoms with Crippen molar-refractivity contribution in [2.24, 2.45) is 0 Å². The highest BCUT2D eigenvalue weighted by atomic mass is 16.5. The lowest BCUT2D eigenvalue weighted by Gasteiger charge is -2.13. The van der Waals surface area contributed by atoms with Gasteiger partial charge in [0.05, 0.1) is 30.3 Å². The van der Waals surface area contributed by atoms with Gasteiger partial charge in [-0.15, -0.1) is 0 Å². The third-order valence-corrected chi connectivity index (χ3v) is 5.75. The van der Waals surface area contributed by atoms with E-state index in [2.05, 4.69) is 5.32 Å². The first-order valence-electron chi connectivity index (χ1n) is 11.3. The number of ether oxygens (including phenoxy) is 2. The van der Waals surface area contributed by atoms with Crippen LogP contribution in [0.3, 0.4) is 0 Å². The molecule has 0 aliphatic carbocycles. The van der Waals surface area contributed by atoms with Crippen LogP contribution in [0.4, 0.5) is 11.4 Å². The first-order valence-corrected chi connectivity index (χ1v) is 11.3. The zero-order valence-corrected chi connectivity index (χ0v) is 19.4. The Morgan fingerprint density at radius 3 is 2.19 bits per heavy atom. The van der Waals surface area contributed by atoms with Crippen molar-refractivity contribution in [1.82, 2.24) is 0 Å². The molecule has 0 unspecified atom stereocenters. The van der Waals surface area contributed by atoms with Gasteiger partial charge in [0.15, 0.2) is 0 Å². The fourth-order valence-electron chi connectivity index (χ4n) is 4.00. The van der Waals surface area contributed by atoms with Crippen LogP contribution in [-0.2, 0) is 11.2 Å². The van der Waals surface area contributed by atoms with Gasteiger partial charge in [0.25, 0.3) is 11.8 Å². The number of hydrogen-bond acceptors (Lipinski definition) is 5. The monoisotopic (exact) mass is 478 g/mol. The summed E-state index contributed by atoms with van der Waals surface area (Å²) in [6, 6.07) is 27.9. The van der Waals surface area contributed by atoms with E-state index in [-0.39, 0.29) is 23.8 Å². The average Bonchev–Trinajstić information content (AvgIpc) is 3.14. The van der Waals surface area contributed by atoms with Crippen LogP contribution in [0.15, 0.2) is 97.1 Å². The van der Waals surface area contributed by atoms with Gasteiger partial charge in [-0.05, 0) is 60.2 Å². The van der Waals surface area contributed by atoms with Crippen LogP contribution in [0.25, 0.3) is 0 Å². The Morgan fingerprint density at radius 1 is 0.750 bits per heavy atom. The molecule has 5 rings (SSSR count). The molecule has 4 aromatic rings. The van der Waals surface area contributed by atoms with Crippen molar-refractivity contribution in [1.29, 1.82) is 0 Å². The normalized spacial score (nSPS) is 12.3. The highest BCUT2D eigenvalue weighted by Gasteiger charge is 2.36. The van der Waals surface area contributed by atoms with Crippen molar-refractivity contribution in [3.05, 3.63) is 114 Å². The number of nitrogens with one attached hydrogen (secondary N) is 1. The van der Waals surface area contributed by atoms with Gasteiger partial charge < -0.3 is 14.8 Å². The maximum Gasteiger partial charge on any atom is 0.266 e. The van der Waals surface area contributed by atoms with Crippen LogP contribution in [-0.4, -0.2) is 24.8 Å². The summed E-state index contributed by atoms with van der Waals surface area (Å²) in [5, 5.41) is 2.87. The molecule has 7 heteroatoms. The quantitative estimate of drug-likeness (QED) is 0.356. The van der Waals surface area contributed by atoms with Gasteiger partial charge in [-0.25, -0.2) is 4.90 Å². The SMILES string of the molecule is COc1ccc(CC(=O)Nc2cccc(Oc3ccc4c(c3)C(=O)N(c3ccccc3)C4=O)c2)cc1. The average molecular weight is 479 g/mol. The number of rotatable bonds is 7. The van der Waals surface area contributed by atoms with Crippen molar-refractivity contribution in [3.63, 3.8) is 0 Å². The predicted octanol–water partition coefficient (Wildman–Crippen LogP) is 5.47. The van der Waals surface area contributed by atoms with Crippen LogP contribution < -0.4 is 19.7 Å². The summed E-state index contributed by atoms with van der Waals surface area (Å²) in [7, 11) is 1.59. The Labute approximate surface area is 207 Å². The van der Waals surface area contributed by atoms with Crippen molar-refractivity contribution < 1.29 is 23.9 Å². The minimum absolute atomic E-state index is 0.167. The molecule has 1 N–H and O–H groups in total. The standard InChI is InChI=1S/C29H22N2O5/c1-35-22-12-10-19(11-13-22)16-27(32)30-20-6-5-9-23(17-20)36-24-14-15-25-26(18-24)29(34)31(28(25)33)21-7-3-2-4-8-21/h2-15,17-18H,16H2,1H3,(H,30,32). The van der Waals surface area contributed by atoms with E-state index in [1.807, 2.05) is 30.3 Å². The minimum atomic E-state index is -0.397. The van der Waals surface area contributed by atoms with Crippen LogP contribution in [0.2, 0.25) is 0 Å². The van der Waals surface area contributed by atoms with E-state index in [0.29, 0.717) is 28.4 Å². The van der Waals surface area contributed by atoms with Crippen molar-refractivity contribution in [2.45, 2.75) is 6.42 Å². The molecule has 0 saturated carbocycles. The van der Waals surface area contributed by atoms with Gasteiger partial charge in [0.1, 0.15) is 17.2 Å². The molecule has 4 aromatic carbocycles. The number of methoxy groups -OCH3 is 1. The number of nitrogens with zero attached hydrogens (tertiary/aromatic N) is 1. The van der Waals surface area contributed by atoms with Crippen molar-refractivity contribution in [3.8, 4) is 17.2 Å². The summed E-state index contributed by atoms with van der Waals surface area (Å²) in [6.07, 6.45) is 0.216. The van der Waals surface area contributed by atoms with Gasteiger partial charge in [-0.1, -0.05) is 36.4 Å². The molecule has 7 nitrogen and oxygen atoms in total. The summed E-state index contributed by atoms with van der Waals surface area (Å²) >= 11 is 0. The largest absolute Gasteiger partial charge is 0.497 e. The van der Waals surface area contributed by atoms with Crippen LogP contribution in [0, 0.1) is 0 Å². The number of fused-ring (bicyclic) bond motifs is 1. The van der Waals surface area contributed by atoms with E-state index in [1.54, 1.807) is 73.8 Å². The lowest BCUT2D eigenvalue weighted by Crippen LogP contribution is -2.29. The second kappa shape index (κ2) is 9.76. The summed E-state index contributed by atoms with van der Waals surface area (Å²) in [5.41, 5.74) is 2.57. The molecular formula is C29H22N2O5. The van der Waals surface area contributed by atoms with Gasteiger partial charge in [-0.3, -0.25) is 14.4 Å². The Balaban J connectivity index is 1.28. The Morgan fingerprint density at radius 2 is 1.44 bits per heavy atom. The second-order valence-electron chi connectivity index (χ2n) is 8.19. The zero-order valence-electron chi connectivity index (χ0n) is 19.4. The zero-order chi connectivity index (χ0) is 25.1. The number of amides is 3. The molecule has 1 heterocycles. The Kier molecular flexibility index (Phi) is 6.19. The van der Waals surface area contributed by atoms with E-state index in [1.165, 1.54) is 0 Å². The molecule has 0 radical (unpaired) electrons. The smallest absolute Gasteiger partial charge is 0.266 e. The molecule has 36 heavy (non-hydrogen) atoms. The first-order chi connectivity index (χ1) is 17.5. The number of hydrogen-bond donors (Lipinski definition) is 1. The molecule has 0 fully saturated rings. The fourth-order valence-corrected chi connectivity index (χ4v) is 4.00. The lowest BCUT2D eigenvalue weighted by molar-refractivity contribution is -0.115. The summed E-state index contributed by atoms with van der Waals surface area (Å²) in [4.78, 5) is 39.4. The summed E-state index contributed by atoms with van der Waals surface area (Å²) < 4.78 is 11.1. The maximum atomic E-state index is 13.0. The predicted molar refractivity (Wildman–Crippen MR) is 136 cm³/mol. The fraction of sp³-hybridized carbons (Fsp3) is 0.0690. The van der Waals surface area contributed by atoms with Gasteiger partial charge in [0, 0.05) is 11.8 Å². The molecule has 0 bridgehead atoms. The maximum absolute atomic E-state index is 13.0. The van der Waals surface area contributed by atoms with E-state index in [9.17, 15) is 14.4 Å². The van der Waals surface area contributed by atoms with E-state index in [0.717, 1.165) is 16.2 Å². The third-order valence-electron chi connectivity index (χ3n) is 5.75. The number of para-hydroxylation sites is 1. The molecule has 0 atom stereocenters. The summed E-state index contributed by atoms with van der Waals surface area (Å²) in [5.74, 6) is 0.690. The first kappa shape index (κ1) is 22.9. The molecule has 0 aromatic heterocycles. The van der Waals surface area contributed by atoms with Gasteiger partial charge >= 0.3 is 0 Å². The van der Waals surface area contributed by atoms with Crippen LogP contribution >= 0.6 is 0 Å². The highest BCUT2D eigenvalue weighted by molar-refractivity contribution is 6.34. The van der Waals surface area contributed by atoms with E-state index >= 15 is 0 Å². The molecule has 0 saturated heterocycles. The lowest BCUT2D eigenvalue weighted by atomic mass is 10.1. The summed E-state index contributed by atoms with van der Waals surface area (Å²) in [6.45, 7) is 0. The number of carbonyl (C=O) groups excluding carboxylic acids is 3. The van der Waals surface area contributed by atoms with Gasteiger partial charge in [-0.2, -0.15) is 0 Å². The van der Waals surface area contributed by atoms with Crippen molar-refractivity contribution in [2.75, 3.05) is 17.3 Å². The number of carbonyl (C=O) groups is 3. The van der Waals surface area contributed by atoms with E-state index in [4.69, 9.17) is 9.47 Å². The molecule has 0 spiro atoms. The van der Waals surface area contributed by atoms with Crippen molar-refractivity contribution >= 4 is 29.1 Å². The Bertz CT molecular complexity index is 1450. The van der Waals surface area contributed by atoms with Gasteiger partial charge in [0.2, 0.25) is 5.91 Å². The minimum Gasteiger partial charge on any atom is -0.497 e. The van der Waals surface area contributed by atoms with Crippen LogP contribution in [0.5, 0.6) is 17.2 Å². The highest BCUT2D eigenvalue weighted by Crippen LogP contribution is 2.32. The van der Waals surface area contributed by atoms with E-state index < -0.39 is 5.91 Å². The number of anilines is 2. The Hall–Kier alpha value is -4.91. The second-order valence-corrected chi connectivity index (χ2v) is 8.19. The molecular weight excluding hydrogens is 456 g/mol. The third kappa shape index (κ3) is 4.67. The number of imide groups is 1. The molecule has 1 aliphatic rings. The molecule has 3 amide bonds.